The van der Waals surface area contributed by atoms with Crippen molar-refractivity contribution in [2.45, 2.75) is 26.0 Å². The monoisotopic (exact) mass is 315 g/mol. The van der Waals surface area contributed by atoms with Crippen LogP contribution in [0.15, 0.2) is 54.6 Å². The smallest absolute Gasteiger partial charge is 0.325 e. The molecule has 1 atom stereocenters. The highest BCUT2D eigenvalue weighted by Gasteiger charge is 2.20. The first kappa shape index (κ1) is 17.0. The van der Waals surface area contributed by atoms with Crippen LogP contribution >= 0.6 is 0 Å². The van der Waals surface area contributed by atoms with Crippen molar-refractivity contribution in [3.8, 4) is 5.75 Å². The maximum Gasteiger partial charge on any atom is 0.325 e. The molecule has 23 heavy (non-hydrogen) atoms. The number of benzene rings is 2. The maximum absolute atomic E-state index is 12.0. The second-order valence-corrected chi connectivity index (χ2v) is 5.07. The van der Waals surface area contributed by atoms with E-state index in [1.165, 1.54) is 0 Å². The Hall–Kier alpha value is -2.37. The first-order valence-corrected chi connectivity index (χ1v) is 7.55. The van der Waals surface area contributed by atoms with E-state index in [2.05, 4.69) is 5.48 Å². The van der Waals surface area contributed by atoms with Crippen LogP contribution in [0.2, 0.25) is 0 Å². The lowest BCUT2D eigenvalue weighted by Gasteiger charge is -2.17. The van der Waals surface area contributed by atoms with Gasteiger partial charge in [0.2, 0.25) is 0 Å². The summed E-state index contributed by atoms with van der Waals surface area (Å²) in [7, 11) is 0. The summed E-state index contributed by atoms with van der Waals surface area (Å²) in [4.78, 5) is 17.5. The van der Waals surface area contributed by atoms with Gasteiger partial charge in [-0.25, -0.2) is 0 Å². The van der Waals surface area contributed by atoms with Crippen LogP contribution in [0.25, 0.3) is 0 Å². The van der Waals surface area contributed by atoms with Crippen molar-refractivity contribution in [3.63, 3.8) is 0 Å². The van der Waals surface area contributed by atoms with Gasteiger partial charge < -0.3 is 9.84 Å². The Labute approximate surface area is 135 Å². The molecule has 0 spiro atoms. The van der Waals surface area contributed by atoms with Crippen LogP contribution in [0.1, 0.15) is 18.1 Å². The van der Waals surface area contributed by atoms with Crippen LogP contribution in [0, 0.1) is 0 Å². The summed E-state index contributed by atoms with van der Waals surface area (Å²) in [6.45, 7) is 2.43. The summed E-state index contributed by atoms with van der Waals surface area (Å²) in [6.07, 6.45) is 0.411. The molecule has 122 valence electrons. The molecule has 0 saturated heterocycles. The minimum Gasteiger partial charge on any atom is -0.508 e. The molecular formula is C18H21NO4. The van der Waals surface area contributed by atoms with Gasteiger partial charge in [0, 0.05) is 6.42 Å². The second kappa shape index (κ2) is 8.92. The van der Waals surface area contributed by atoms with Crippen molar-refractivity contribution < 1.29 is 19.5 Å². The molecular weight excluding hydrogens is 294 g/mol. The number of hydroxylamine groups is 1. The van der Waals surface area contributed by atoms with E-state index >= 15 is 0 Å². The molecule has 0 aliphatic rings. The van der Waals surface area contributed by atoms with Crippen molar-refractivity contribution in [1.29, 1.82) is 0 Å². The Morgan fingerprint density at radius 3 is 2.43 bits per heavy atom. The average molecular weight is 315 g/mol. The van der Waals surface area contributed by atoms with Crippen molar-refractivity contribution >= 4 is 5.97 Å². The quantitative estimate of drug-likeness (QED) is 0.579. The highest BCUT2D eigenvalue weighted by atomic mass is 16.6. The Balaban J connectivity index is 1.93. The topological polar surface area (TPSA) is 67.8 Å². The van der Waals surface area contributed by atoms with Gasteiger partial charge in [-0.05, 0) is 30.2 Å². The number of nitrogens with one attached hydrogen (secondary N) is 1. The third-order valence-corrected chi connectivity index (χ3v) is 3.25. The predicted molar refractivity (Wildman–Crippen MR) is 86.6 cm³/mol. The Morgan fingerprint density at radius 1 is 1.09 bits per heavy atom. The molecule has 0 radical (unpaired) electrons. The van der Waals surface area contributed by atoms with E-state index in [1.54, 1.807) is 31.2 Å². The molecule has 0 heterocycles. The van der Waals surface area contributed by atoms with E-state index in [9.17, 15) is 9.90 Å². The number of hydrogen-bond donors (Lipinski definition) is 2. The summed E-state index contributed by atoms with van der Waals surface area (Å²) < 4.78 is 5.07. The summed E-state index contributed by atoms with van der Waals surface area (Å²) >= 11 is 0. The van der Waals surface area contributed by atoms with Gasteiger partial charge in [0.05, 0.1) is 13.2 Å². The molecule has 2 N–H and O–H groups in total. The van der Waals surface area contributed by atoms with Crippen LogP contribution in [-0.4, -0.2) is 23.7 Å². The minimum absolute atomic E-state index is 0.190. The van der Waals surface area contributed by atoms with E-state index in [0.29, 0.717) is 19.6 Å². The van der Waals surface area contributed by atoms with Crippen molar-refractivity contribution in [2.24, 2.45) is 0 Å². The summed E-state index contributed by atoms with van der Waals surface area (Å²) in [5.74, 6) is -0.177. The number of aromatic hydroxyl groups is 1. The third-order valence-electron chi connectivity index (χ3n) is 3.25. The van der Waals surface area contributed by atoms with Gasteiger partial charge in [-0.2, -0.15) is 5.48 Å². The lowest BCUT2D eigenvalue weighted by atomic mass is 10.1. The Morgan fingerprint density at radius 2 is 1.78 bits per heavy atom. The second-order valence-electron chi connectivity index (χ2n) is 5.07. The van der Waals surface area contributed by atoms with E-state index < -0.39 is 6.04 Å². The average Bonchev–Trinajstić information content (AvgIpc) is 2.57. The zero-order valence-corrected chi connectivity index (χ0v) is 13.1. The number of carbonyl (C=O) groups excluding carboxylic acids is 1. The van der Waals surface area contributed by atoms with Gasteiger partial charge in [-0.15, -0.1) is 0 Å². The molecule has 0 unspecified atom stereocenters. The van der Waals surface area contributed by atoms with Crippen molar-refractivity contribution in [3.05, 3.63) is 65.7 Å². The largest absolute Gasteiger partial charge is 0.508 e. The SMILES string of the molecule is CCOC(=O)[C@H](Cc1ccc(O)cc1)NOCc1ccccc1. The molecule has 0 aromatic heterocycles. The highest BCUT2D eigenvalue weighted by Crippen LogP contribution is 2.12. The molecule has 0 aliphatic heterocycles. The standard InChI is InChI=1S/C18H21NO4/c1-2-22-18(21)17(12-14-8-10-16(20)11-9-14)19-23-13-15-6-4-3-5-7-15/h3-11,17,19-20H,2,12-13H2,1H3/t17-/m0/s1. The maximum atomic E-state index is 12.0. The van der Waals surface area contributed by atoms with Crippen LogP contribution in [0.4, 0.5) is 0 Å². The van der Waals surface area contributed by atoms with Gasteiger partial charge in [-0.1, -0.05) is 42.5 Å². The van der Waals surface area contributed by atoms with E-state index in [1.807, 2.05) is 30.3 Å². The minimum atomic E-state index is -0.608. The lowest BCUT2D eigenvalue weighted by molar-refractivity contribution is -0.150. The van der Waals surface area contributed by atoms with Gasteiger partial charge in [-0.3, -0.25) is 9.63 Å². The fraction of sp³-hybridized carbons (Fsp3) is 0.278. The number of phenols is 1. The Kier molecular flexibility index (Phi) is 6.59. The normalized spacial score (nSPS) is 11.9. The first-order chi connectivity index (χ1) is 11.2. The lowest BCUT2D eigenvalue weighted by Crippen LogP contribution is -2.39. The summed E-state index contributed by atoms with van der Waals surface area (Å²) in [6, 6.07) is 15.8. The molecule has 0 fully saturated rings. The zero-order chi connectivity index (χ0) is 16.5. The molecule has 2 aromatic rings. The molecule has 0 bridgehead atoms. The van der Waals surface area contributed by atoms with Crippen LogP contribution in [0.3, 0.4) is 0 Å². The van der Waals surface area contributed by atoms with Crippen LogP contribution in [0.5, 0.6) is 5.75 Å². The van der Waals surface area contributed by atoms with E-state index in [0.717, 1.165) is 11.1 Å². The van der Waals surface area contributed by atoms with Gasteiger partial charge in [0.15, 0.2) is 0 Å². The van der Waals surface area contributed by atoms with E-state index in [-0.39, 0.29) is 11.7 Å². The fourth-order valence-electron chi connectivity index (χ4n) is 2.08. The highest BCUT2D eigenvalue weighted by molar-refractivity contribution is 5.76. The predicted octanol–water partition coefficient (Wildman–Crippen LogP) is 2.59. The summed E-state index contributed by atoms with van der Waals surface area (Å²) in [5.41, 5.74) is 4.69. The number of esters is 1. The first-order valence-electron chi connectivity index (χ1n) is 7.55. The van der Waals surface area contributed by atoms with Crippen LogP contribution in [-0.2, 0) is 27.4 Å². The van der Waals surface area contributed by atoms with E-state index in [4.69, 9.17) is 9.57 Å². The van der Waals surface area contributed by atoms with Crippen molar-refractivity contribution in [2.75, 3.05) is 6.61 Å². The Bertz CT molecular complexity index is 598. The van der Waals surface area contributed by atoms with Gasteiger partial charge >= 0.3 is 5.97 Å². The third kappa shape index (κ3) is 5.73. The molecule has 2 rings (SSSR count). The number of hydrogen-bond acceptors (Lipinski definition) is 5. The molecule has 5 nitrogen and oxygen atoms in total. The number of rotatable bonds is 8. The number of ether oxygens (including phenoxy) is 1. The number of phenolic OH excluding ortho intramolecular Hbond substituents is 1. The molecule has 0 amide bonds. The molecule has 0 aliphatic carbocycles. The van der Waals surface area contributed by atoms with Crippen molar-refractivity contribution in [1.82, 2.24) is 5.48 Å². The molecule has 0 saturated carbocycles. The van der Waals surface area contributed by atoms with Crippen LogP contribution < -0.4 is 5.48 Å². The fourth-order valence-corrected chi connectivity index (χ4v) is 2.08. The van der Waals surface area contributed by atoms with Gasteiger partial charge in [0.25, 0.3) is 0 Å². The summed E-state index contributed by atoms with van der Waals surface area (Å²) in [5, 5.41) is 9.32. The number of carbonyl (C=O) groups is 1. The molecule has 5 heteroatoms. The molecule has 2 aromatic carbocycles. The zero-order valence-electron chi connectivity index (χ0n) is 13.1. The van der Waals surface area contributed by atoms with Gasteiger partial charge in [0.1, 0.15) is 11.8 Å².